The quantitative estimate of drug-likeness (QED) is 0.508. The number of rotatable bonds is 0. The molecule has 2 bridgehead atoms. The summed E-state index contributed by atoms with van der Waals surface area (Å²) >= 11 is 0. The van der Waals surface area contributed by atoms with Gasteiger partial charge < -0.3 is 0 Å². The fourth-order valence-corrected chi connectivity index (χ4v) is 3.10. The zero-order valence-corrected chi connectivity index (χ0v) is 7.60. The van der Waals surface area contributed by atoms with E-state index in [-0.39, 0.29) is 0 Å². The molecule has 2 saturated carbocycles. The van der Waals surface area contributed by atoms with Gasteiger partial charge >= 0.3 is 0 Å². The van der Waals surface area contributed by atoms with Gasteiger partial charge in [0.15, 0.2) is 0 Å². The van der Waals surface area contributed by atoms with E-state index in [9.17, 15) is 0 Å². The molecular formula is C12H16. The van der Waals surface area contributed by atoms with Gasteiger partial charge in [-0.15, -0.1) is 0 Å². The highest BCUT2D eigenvalue weighted by Gasteiger charge is 2.30. The Balaban J connectivity index is 1.98. The van der Waals surface area contributed by atoms with E-state index in [0.29, 0.717) is 0 Å². The molecule has 0 heteroatoms. The molecule has 1 atom stereocenters. The van der Waals surface area contributed by atoms with E-state index in [1.54, 1.807) is 11.1 Å². The van der Waals surface area contributed by atoms with Gasteiger partial charge in [0.05, 0.1) is 0 Å². The Labute approximate surface area is 74.4 Å². The van der Waals surface area contributed by atoms with E-state index in [1.165, 1.54) is 44.9 Å². The van der Waals surface area contributed by atoms with Crippen LogP contribution in [0.15, 0.2) is 22.8 Å². The van der Waals surface area contributed by atoms with Crippen LogP contribution in [0, 0.1) is 5.92 Å². The topological polar surface area (TPSA) is 0 Å². The van der Waals surface area contributed by atoms with Gasteiger partial charge in [-0.25, -0.2) is 0 Å². The molecule has 3 aliphatic rings. The number of hydrogen-bond acceptors (Lipinski definition) is 0. The molecule has 0 spiro atoms. The lowest BCUT2D eigenvalue weighted by Crippen LogP contribution is -1.97. The van der Waals surface area contributed by atoms with E-state index in [2.05, 4.69) is 6.08 Å². The molecule has 0 aromatic carbocycles. The van der Waals surface area contributed by atoms with Crippen molar-refractivity contribution in [2.75, 3.05) is 0 Å². The van der Waals surface area contributed by atoms with E-state index < -0.39 is 0 Å². The average Bonchev–Trinajstić information content (AvgIpc) is 2.81. The van der Waals surface area contributed by atoms with Crippen LogP contribution < -0.4 is 0 Å². The minimum atomic E-state index is 0.966. The van der Waals surface area contributed by atoms with Gasteiger partial charge in [0.2, 0.25) is 0 Å². The SMILES string of the molecule is C1=C2CCC(C2)C1=C1CCCC1. The molecule has 0 amide bonds. The van der Waals surface area contributed by atoms with Crippen molar-refractivity contribution in [3.8, 4) is 0 Å². The van der Waals surface area contributed by atoms with E-state index >= 15 is 0 Å². The highest BCUT2D eigenvalue weighted by molar-refractivity contribution is 5.41. The summed E-state index contributed by atoms with van der Waals surface area (Å²) < 4.78 is 0. The first kappa shape index (κ1) is 6.94. The smallest absolute Gasteiger partial charge is 0.0122 e. The summed E-state index contributed by atoms with van der Waals surface area (Å²) in [5, 5.41) is 0. The maximum atomic E-state index is 2.52. The van der Waals surface area contributed by atoms with Crippen molar-refractivity contribution in [2.24, 2.45) is 5.92 Å². The summed E-state index contributed by atoms with van der Waals surface area (Å²) in [6.45, 7) is 0. The van der Waals surface area contributed by atoms with Crippen molar-refractivity contribution >= 4 is 0 Å². The molecule has 0 radical (unpaired) electrons. The second-order valence-corrected chi connectivity index (χ2v) is 4.51. The summed E-state index contributed by atoms with van der Waals surface area (Å²) in [4.78, 5) is 0. The molecule has 0 aromatic rings. The average molecular weight is 160 g/mol. The van der Waals surface area contributed by atoms with Crippen molar-refractivity contribution in [3.05, 3.63) is 22.8 Å². The molecule has 0 aromatic heterocycles. The molecule has 0 saturated heterocycles. The summed E-state index contributed by atoms with van der Waals surface area (Å²) in [5.74, 6) is 0.966. The minimum absolute atomic E-state index is 0.966. The van der Waals surface area contributed by atoms with Gasteiger partial charge in [-0.05, 0) is 56.4 Å². The van der Waals surface area contributed by atoms with Crippen LogP contribution >= 0.6 is 0 Å². The summed E-state index contributed by atoms with van der Waals surface area (Å²) in [6.07, 6.45) is 12.5. The number of fused-ring (bicyclic) bond motifs is 2. The van der Waals surface area contributed by atoms with Gasteiger partial charge in [0, 0.05) is 0 Å². The zero-order chi connectivity index (χ0) is 7.97. The molecule has 64 valence electrons. The fourth-order valence-electron chi connectivity index (χ4n) is 3.10. The van der Waals surface area contributed by atoms with Crippen LogP contribution in [-0.4, -0.2) is 0 Å². The van der Waals surface area contributed by atoms with Gasteiger partial charge in [-0.2, -0.15) is 0 Å². The van der Waals surface area contributed by atoms with Crippen molar-refractivity contribution in [2.45, 2.75) is 44.9 Å². The fraction of sp³-hybridized carbons (Fsp3) is 0.667. The monoisotopic (exact) mass is 160 g/mol. The third-order valence-electron chi connectivity index (χ3n) is 3.74. The molecular weight excluding hydrogens is 144 g/mol. The third-order valence-corrected chi connectivity index (χ3v) is 3.74. The van der Waals surface area contributed by atoms with Crippen molar-refractivity contribution in [1.29, 1.82) is 0 Å². The second kappa shape index (κ2) is 2.48. The van der Waals surface area contributed by atoms with Crippen molar-refractivity contribution in [3.63, 3.8) is 0 Å². The Morgan fingerprint density at radius 2 is 1.92 bits per heavy atom. The summed E-state index contributed by atoms with van der Waals surface area (Å²) in [5.41, 5.74) is 5.33. The van der Waals surface area contributed by atoms with Gasteiger partial charge in [0.25, 0.3) is 0 Å². The summed E-state index contributed by atoms with van der Waals surface area (Å²) in [7, 11) is 0. The predicted molar refractivity (Wildman–Crippen MR) is 50.9 cm³/mol. The first-order valence-electron chi connectivity index (χ1n) is 5.35. The standard InChI is InChI=1S/C12H16/c1-2-4-10(3-1)12-8-9-5-6-11(12)7-9/h8,11H,1-7H2. The molecule has 12 heavy (non-hydrogen) atoms. The highest BCUT2D eigenvalue weighted by Crippen LogP contribution is 2.46. The Kier molecular flexibility index (Phi) is 1.44. The molecule has 2 fully saturated rings. The molecule has 0 heterocycles. The zero-order valence-electron chi connectivity index (χ0n) is 7.60. The van der Waals surface area contributed by atoms with Gasteiger partial charge in [0.1, 0.15) is 0 Å². The van der Waals surface area contributed by atoms with Crippen molar-refractivity contribution < 1.29 is 0 Å². The van der Waals surface area contributed by atoms with Gasteiger partial charge in [-0.1, -0.05) is 17.2 Å². The normalized spacial score (nSPS) is 33.3. The molecule has 0 nitrogen and oxygen atoms in total. The molecule has 0 aliphatic heterocycles. The molecule has 3 rings (SSSR count). The summed E-state index contributed by atoms with van der Waals surface area (Å²) in [6, 6.07) is 0. The lowest BCUT2D eigenvalue weighted by Gasteiger charge is -2.12. The van der Waals surface area contributed by atoms with Crippen LogP contribution in [0.25, 0.3) is 0 Å². The third kappa shape index (κ3) is 0.903. The van der Waals surface area contributed by atoms with Crippen LogP contribution in [0.3, 0.4) is 0 Å². The Hall–Kier alpha value is -0.520. The first-order chi connectivity index (χ1) is 5.93. The Morgan fingerprint density at radius 3 is 2.50 bits per heavy atom. The Morgan fingerprint density at radius 1 is 1.08 bits per heavy atom. The van der Waals surface area contributed by atoms with E-state index in [4.69, 9.17) is 0 Å². The van der Waals surface area contributed by atoms with Gasteiger partial charge in [-0.3, -0.25) is 0 Å². The first-order valence-corrected chi connectivity index (χ1v) is 5.35. The van der Waals surface area contributed by atoms with Crippen LogP contribution in [0.5, 0.6) is 0 Å². The van der Waals surface area contributed by atoms with Crippen molar-refractivity contribution in [1.82, 2.24) is 0 Å². The second-order valence-electron chi connectivity index (χ2n) is 4.51. The molecule has 3 aliphatic carbocycles. The molecule has 0 N–H and O–H groups in total. The largest absolute Gasteiger partial charge is 0.0693 e. The van der Waals surface area contributed by atoms with Crippen LogP contribution in [-0.2, 0) is 0 Å². The van der Waals surface area contributed by atoms with E-state index in [1.807, 2.05) is 5.57 Å². The van der Waals surface area contributed by atoms with Crippen LogP contribution in [0.2, 0.25) is 0 Å². The highest BCUT2D eigenvalue weighted by atomic mass is 14.4. The maximum absolute atomic E-state index is 2.52. The lowest BCUT2D eigenvalue weighted by atomic mass is 9.93. The van der Waals surface area contributed by atoms with Crippen LogP contribution in [0.4, 0.5) is 0 Å². The Bertz CT molecular complexity index is 260. The number of hydrogen-bond donors (Lipinski definition) is 0. The van der Waals surface area contributed by atoms with E-state index in [0.717, 1.165) is 5.92 Å². The maximum Gasteiger partial charge on any atom is -0.0122 e. The molecule has 1 unspecified atom stereocenters. The predicted octanol–water partition coefficient (Wildman–Crippen LogP) is 3.60. The minimum Gasteiger partial charge on any atom is -0.0693 e. The number of allylic oxidation sites excluding steroid dienone is 4. The lowest BCUT2D eigenvalue weighted by molar-refractivity contribution is 0.661. The van der Waals surface area contributed by atoms with Crippen LogP contribution in [0.1, 0.15) is 44.9 Å².